The van der Waals surface area contributed by atoms with E-state index in [4.69, 9.17) is 4.74 Å². The van der Waals surface area contributed by atoms with Crippen LogP contribution >= 0.6 is 0 Å². The summed E-state index contributed by atoms with van der Waals surface area (Å²) in [5.41, 5.74) is 1.17. The molecule has 3 aromatic heterocycles. The van der Waals surface area contributed by atoms with Crippen molar-refractivity contribution >= 4 is 16.9 Å². The Morgan fingerprint density at radius 2 is 1.96 bits per heavy atom. The molecule has 4 rings (SSSR count). The second-order valence-corrected chi connectivity index (χ2v) is 6.88. The minimum Gasteiger partial charge on any atom is -0.379 e. The van der Waals surface area contributed by atoms with Gasteiger partial charge in [0.2, 0.25) is 5.78 Å². The van der Waals surface area contributed by atoms with Crippen LogP contribution in [0.5, 0.6) is 0 Å². The second kappa shape index (κ2) is 6.82. The third-order valence-corrected chi connectivity index (χ3v) is 5.20. The molecule has 0 aliphatic carbocycles. The predicted octanol–water partition coefficient (Wildman–Crippen LogP) is -0.0240. The van der Waals surface area contributed by atoms with E-state index in [1.807, 2.05) is 17.7 Å². The highest BCUT2D eigenvalue weighted by molar-refractivity contribution is 5.75. The van der Waals surface area contributed by atoms with Crippen molar-refractivity contribution in [3.63, 3.8) is 0 Å². The van der Waals surface area contributed by atoms with Gasteiger partial charge in [0.25, 0.3) is 5.56 Å². The Morgan fingerprint density at radius 1 is 1.22 bits per heavy atom. The molecule has 0 unspecified atom stereocenters. The Kier molecular flexibility index (Phi) is 4.48. The molecule has 1 saturated heterocycles. The van der Waals surface area contributed by atoms with Crippen molar-refractivity contribution in [2.45, 2.75) is 20.0 Å². The number of fused-ring (bicyclic) bond motifs is 3. The van der Waals surface area contributed by atoms with Gasteiger partial charge >= 0.3 is 5.69 Å². The summed E-state index contributed by atoms with van der Waals surface area (Å²) in [7, 11) is 1.66. The van der Waals surface area contributed by atoms with Crippen molar-refractivity contribution in [3.8, 4) is 0 Å². The number of imidazole rings is 2. The van der Waals surface area contributed by atoms with E-state index >= 15 is 0 Å². The van der Waals surface area contributed by atoms with E-state index in [9.17, 15) is 9.59 Å². The highest BCUT2D eigenvalue weighted by Gasteiger charge is 2.20. The number of aryl methyl sites for hydroxylation is 2. The van der Waals surface area contributed by atoms with Gasteiger partial charge in [-0.05, 0) is 6.92 Å². The fraction of sp³-hybridized carbons (Fsp3) is 0.500. The highest BCUT2D eigenvalue weighted by atomic mass is 16.5. The Labute approximate surface area is 155 Å². The SMILES string of the molecule is C=CCn1c(C)cn2c3c(=O)n(CCN4CCOCC4)c(=O)n(C)c3nc12. The number of morpholine rings is 1. The second-order valence-electron chi connectivity index (χ2n) is 6.88. The summed E-state index contributed by atoms with van der Waals surface area (Å²) in [6, 6.07) is 0. The van der Waals surface area contributed by atoms with Gasteiger partial charge < -0.3 is 9.30 Å². The van der Waals surface area contributed by atoms with Crippen LogP contribution in [0.15, 0.2) is 28.4 Å². The number of hydrogen-bond donors (Lipinski definition) is 0. The first-order chi connectivity index (χ1) is 13.0. The molecule has 0 radical (unpaired) electrons. The number of ether oxygens (including phenoxy) is 1. The van der Waals surface area contributed by atoms with Crippen LogP contribution < -0.4 is 11.2 Å². The topological polar surface area (TPSA) is 78.7 Å². The fourth-order valence-corrected chi connectivity index (χ4v) is 3.67. The van der Waals surface area contributed by atoms with Gasteiger partial charge in [-0.25, -0.2) is 4.79 Å². The van der Waals surface area contributed by atoms with Gasteiger partial charge in [0.05, 0.1) is 13.2 Å². The quantitative estimate of drug-likeness (QED) is 0.588. The molecule has 144 valence electrons. The molecule has 27 heavy (non-hydrogen) atoms. The molecule has 9 nitrogen and oxygen atoms in total. The lowest BCUT2D eigenvalue weighted by Gasteiger charge is -2.26. The molecular weight excluding hydrogens is 348 g/mol. The first-order valence-corrected chi connectivity index (χ1v) is 9.11. The lowest BCUT2D eigenvalue weighted by atomic mass is 10.4. The first kappa shape index (κ1) is 17.7. The maximum absolute atomic E-state index is 13.1. The van der Waals surface area contributed by atoms with Crippen LogP contribution in [0, 0.1) is 6.92 Å². The van der Waals surface area contributed by atoms with Crippen LogP contribution in [0.1, 0.15) is 5.69 Å². The minimum atomic E-state index is -0.339. The van der Waals surface area contributed by atoms with Crippen LogP contribution in [-0.2, 0) is 24.9 Å². The fourth-order valence-electron chi connectivity index (χ4n) is 3.67. The van der Waals surface area contributed by atoms with E-state index in [0.717, 1.165) is 18.8 Å². The lowest BCUT2D eigenvalue weighted by Crippen LogP contribution is -2.44. The number of allylic oxidation sites excluding steroid dienone is 1. The first-order valence-electron chi connectivity index (χ1n) is 9.11. The standard InChI is InChI=1S/C18H24N6O3/c1-4-5-22-13(2)12-24-14-15(19-17(22)24)20(3)18(26)23(16(14)25)7-6-21-8-10-27-11-9-21/h4,12H,1,5-11H2,2-3H3. The predicted molar refractivity (Wildman–Crippen MR) is 102 cm³/mol. The summed E-state index contributed by atoms with van der Waals surface area (Å²) in [5, 5.41) is 0. The summed E-state index contributed by atoms with van der Waals surface area (Å²) in [6.07, 6.45) is 3.67. The molecule has 0 amide bonds. The molecule has 1 aliphatic heterocycles. The van der Waals surface area contributed by atoms with Crippen LogP contribution in [0.25, 0.3) is 16.9 Å². The van der Waals surface area contributed by atoms with Gasteiger partial charge in [0.15, 0.2) is 11.2 Å². The number of hydrogen-bond acceptors (Lipinski definition) is 5. The van der Waals surface area contributed by atoms with E-state index < -0.39 is 0 Å². The molecule has 0 saturated carbocycles. The summed E-state index contributed by atoms with van der Waals surface area (Å²) in [5.74, 6) is 0.639. The average Bonchev–Trinajstić information content (AvgIpc) is 3.17. The minimum absolute atomic E-state index is 0.301. The Bertz CT molecular complexity index is 1130. The monoisotopic (exact) mass is 372 g/mol. The Balaban J connectivity index is 1.84. The van der Waals surface area contributed by atoms with Crippen molar-refractivity contribution < 1.29 is 4.74 Å². The molecule has 0 atom stereocenters. The number of aromatic nitrogens is 5. The van der Waals surface area contributed by atoms with E-state index in [-0.39, 0.29) is 11.2 Å². The van der Waals surface area contributed by atoms with Crippen LogP contribution in [0.3, 0.4) is 0 Å². The third kappa shape index (κ3) is 2.83. The van der Waals surface area contributed by atoms with Crippen molar-refractivity contribution in [3.05, 3.63) is 45.4 Å². The van der Waals surface area contributed by atoms with Crippen LogP contribution in [0.4, 0.5) is 0 Å². The van der Waals surface area contributed by atoms with Gasteiger partial charge in [-0.3, -0.25) is 23.2 Å². The molecule has 0 spiro atoms. The maximum atomic E-state index is 13.1. The Morgan fingerprint density at radius 3 is 2.67 bits per heavy atom. The van der Waals surface area contributed by atoms with Gasteiger partial charge in [-0.2, -0.15) is 4.98 Å². The van der Waals surface area contributed by atoms with Gasteiger partial charge in [0, 0.05) is 51.7 Å². The van der Waals surface area contributed by atoms with Gasteiger partial charge in [0.1, 0.15) is 0 Å². The summed E-state index contributed by atoms with van der Waals surface area (Å²) >= 11 is 0. The maximum Gasteiger partial charge on any atom is 0.332 e. The van der Waals surface area contributed by atoms with Crippen molar-refractivity contribution in [1.82, 2.24) is 28.0 Å². The highest BCUT2D eigenvalue weighted by Crippen LogP contribution is 2.16. The number of nitrogens with zero attached hydrogens (tertiary/aromatic N) is 6. The van der Waals surface area contributed by atoms with Gasteiger partial charge in [-0.15, -0.1) is 6.58 Å². The van der Waals surface area contributed by atoms with E-state index in [0.29, 0.717) is 49.8 Å². The molecule has 9 heteroatoms. The normalized spacial score (nSPS) is 15.8. The van der Waals surface area contributed by atoms with Crippen LogP contribution in [0.2, 0.25) is 0 Å². The number of rotatable bonds is 5. The van der Waals surface area contributed by atoms with E-state index in [1.54, 1.807) is 17.5 Å². The molecule has 1 aliphatic rings. The zero-order chi connectivity index (χ0) is 19.1. The molecule has 4 heterocycles. The van der Waals surface area contributed by atoms with E-state index in [2.05, 4.69) is 16.5 Å². The molecule has 0 bridgehead atoms. The van der Waals surface area contributed by atoms with Gasteiger partial charge in [-0.1, -0.05) is 6.08 Å². The van der Waals surface area contributed by atoms with Crippen molar-refractivity contribution in [2.75, 3.05) is 32.8 Å². The zero-order valence-corrected chi connectivity index (χ0v) is 15.7. The van der Waals surface area contributed by atoms with E-state index in [1.165, 1.54) is 9.13 Å². The smallest absolute Gasteiger partial charge is 0.332 e. The van der Waals surface area contributed by atoms with Crippen molar-refractivity contribution in [1.29, 1.82) is 0 Å². The third-order valence-electron chi connectivity index (χ3n) is 5.20. The molecule has 3 aromatic rings. The molecular formula is C18H24N6O3. The molecule has 0 N–H and O–H groups in total. The average molecular weight is 372 g/mol. The van der Waals surface area contributed by atoms with Crippen molar-refractivity contribution in [2.24, 2.45) is 7.05 Å². The lowest BCUT2D eigenvalue weighted by molar-refractivity contribution is 0.0361. The summed E-state index contributed by atoms with van der Waals surface area (Å²) in [6.45, 7) is 10.3. The summed E-state index contributed by atoms with van der Waals surface area (Å²) < 4.78 is 11.9. The Hall–Kier alpha value is -2.65. The van der Waals surface area contributed by atoms with Crippen LogP contribution in [-0.4, -0.2) is 60.8 Å². The molecule has 0 aromatic carbocycles. The molecule has 1 fully saturated rings. The zero-order valence-electron chi connectivity index (χ0n) is 15.7. The largest absolute Gasteiger partial charge is 0.379 e. The summed E-state index contributed by atoms with van der Waals surface area (Å²) in [4.78, 5) is 32.7.